The Morgan fingerprint density at radius 1 is 1.23 bits per heavy atom. The van der Waals surface area contributed by atoms with Crippen LogP contribution in [0.25, 0.3) is 0 Å². The van der Waals surface area contributed by atoms with E-state index in [0.29, 0.717) is 18.5 Å². The van der Waals surface area contributed by atoms with Crippen LogP contribution in [0.4, 0.5) is 0 Å². The molecule has 172 valence electrons. The number of nitrogens with zero attached hydrogens (tertiary/aromatic N) is 3. The highest BCUT2D eigenvalue weighted by molar-refractivity contribution is 14.0. The summed E-state index contributed by atoms with van der Waals surface area (Å²) in [6, 6.07) is 8.55. The SMILES string of the molecule is CCNC(=NCc1ncc(C(C)(C)C)o1)NC1CCN(Cc2ccc(Cl)cc2)CC1.I. The van der Waals surface area contributed by atoms with Gasteiger partial charge in [0.15, 0.2) is 5.96 Å². The summed E-state index contributed by atoms with van der Waals surface area (Å²) in [5, 5.41) is 7.71. The minimum Gasteiger partial charge on any atom is -0.443 e. The molecule has 0 radical (unpaired) electrons. The van der Waals surface area contributed by atoms with Crippen LogP contribution in [-0.4, -0.2) is 41.5 Å². The van der Waals surface area contributed by atoms with E-state index in [1.54, 1.807) is 0 Å². The fraction of sp³-hybridized carbons (Fsp3) is 0.565. The molecule has 0 amide bonds. The van der Waals surface area contributed by atoms with Crippen molar-refractivity contribution in [3.8, 4) is 0 Å². The van der Waals surface area contributed by atoms with Gasteiger partial charge < -0.3 is 15.1 Å². The number of hydrogen-bond donors (Lipinski definition) is 2. The van der Waals surface area contributed by atoms with Crippen molar-refractivity contribution in [3.05, 3.63) is 52.7 Å². The first-order valence-corrected chi connectivity index (χ1v) is 11.2. The standard InChI is InChI=1S/C23H34ClN5O.HI/c1-5-25-22(27-15-21-26-14-20(30-21)23(2,3)4)28-19-10-12-29(13-11-19)16-17-6-8-18(24)9-7-17;/h6-9,14,19H,5,10-13,15-16H2,1-4H3,(H2,25,27,28);1H. The van der Waals surface area contributed by atoms with Gasteiger partial charge in [0, 0.05) is 42.7 Å². The molecule has 1 aliphatic rings. The van der Waals surface area contributed by atoms with E-state index in [1.165, 1.54) is 5.56 Å². The molecule has 2 heterocycles. The quantitative estimate of drug-likeness (QED) is 0.297. The number of oxazole rings is 1. The molecule has 1 fully saturated rings. The van der Waals surface area contributed by atoms with Crippen molar-refractivity contribution in [1.29, 1.82) is 0 Å². The molecule has 8 heteroatoms. The van der Waals surface area contributed by atoms with Gasteiger partial charge in [0.25, 0.3) is 0 Å². The lowest BCUT2D eigenvalue weighted by atomic mass is 9.94. The summed E-state index contributed by atoms with van der Waals surface area (Å²) in [6.07, 6.45) is 3.98. The zero-order valence-electron chi connectivity index (χ0n) is 18.9. The van der Waals surface area contributed by atoms with Gasteiger partial charge in [0.2, 0.25) is 5.89 Å². The third-order valence-electron chi connectivity index (χ3n) is 5.26. The van der Waals surface area contributed by atoms with Crippen LogP contribution in [0.3, 0.4) is 0 Å². The Morgan fingerprint density at radius 3 is 2.48 bits per heavy atom. The first kappa shape index (κ1) is 25.9. The Labute approximate surface area is 208 Å². The van der Waals surface area contributed by atoms with Crippen LogP contribution in [0.2, 0.25) is 5.02 Å². The van der Waals surface area contributed by atoms with E-state index in [-0.39, 0.29) is 29.4 Å². The molecule has 0 bridgehead atoms. The second-order valence-electron chi connectivity index (χ2n) is 8.88. The van der Waals surface area contributed by atoms with Gasteiger partial charge in [-0.15, -0.1) is 24.0 Å². The average molecular weight is 560 g/mol. The van der Waals surface area contributed by atoms with Gasteiger partial charge >= 0.3 is 0 Å². The van der Waals surface area contributed by atoms with Crippen LogP contribution < -0.4 is 10.6 Å². The summed E-state index contributed by atoms with van der Waals surface area (Å²) in [5.41, 5.74) is 1.26. The fourth-order valence-corrected chi connectivity index (χ4v) is 3.60. The molecule has 0 aliphatic carbocycles. The van der Waals surface area contributed by atoms with Crippen molar-refractivity contribution in [2.45, 2.75) is 65.1 Å². The molecule has 0 spiro atoms. The topological polar surface area (TPSA) is 65.7 Å². The number of aromatic nitrogens is 1. The van der Waals surface area contributed by atoms with Gasteiger partial charge in [0.05, 0.1) is 6.20 Å². The third-order valence-corrected chi connectivity index (χ3v) is 5.51. The van der Waals surface area contributed by atoms with Crippen molar-refractivity contribution in [2.24, 2.45) is 4.99 Å². The van der Waals surface area contributed by atoms with Crippen molar-refractivity contribution in [1.82, 2.24) is 20.5 Å². The number of aliphatic imine (C=N–C) groups is 1. The number of guanidine groups is 1. The zero-order chi connectivity index (χ0) is 21.6. The third kappa shape index (κ3) is 8.27. The maximum absolute atomic E-state index is 5.98. The van der Waals surface area contributed by atoms with Crippen LogP contribution in [0.1, 0.15) is 57.8 Å². The second-order valence-corrected chi connectivity index (χ2v) is 9.32. The van der Waals surface area contributed by atoms with Crippen molar-refractivity contribution in [3.63, 3.8) is 0 Å². The number of benzene rings is 1. The van der Waals surface area contributed by atoms with E-state index in [4.69, 9.17) is 16.0 Å². The molecule has 1 aliphatic heterocycles. The largest absolute Gasteiger partial charge is 0.443 e. The predicted molar refractivity (Wildman–Crippen MR) is 138 cm³/mol. The molecule has 1 saturated heterocycles. The van der Waals surface area contributed by atoms with Crippen molar-refractivity contribution in [2.75, 3.05) is 19.6 Å². The molecule has 2 aromatic rings. The predicted octanol–water partition coefficient (Wildman–Crippen LogP) is 4.96. The van der Waals surface area contributed by atoms with E-state index in [9.17, 15) is 0 Å². The molecular formula is C23H35ClIN5O. The van der Waals surface area contributed by atoms with Crippen LogP contribution in [0.15, 0.2) is 39.9 Å². The highest BCUT2D eigenvalue weighted by atomic mass is 127. The number of nitrogens with one attached hydrogen (secondary N) is 2. The Hall–Kier alpha value is -1.32. The van der Waals surface area contributed by atoms with E-state index in [1.807, 2.05) is 18.3 Å². The first-order chi connectivity index (χ1) is 14.3. The number of piperidine rings is 1. The van der Waals surface area contributed by atoms with E-state index in [0.717, 1.165) is 55.8 Å². The van der Waals surface area contributed by atoms with Crippen LogP contribution in [-0.2, 0) is 18.5 Å². The molecule has 1 aromatic heterocycles. The molecule has 1 aromatic carbocycles. The highest BCUT2D eigenvalue weighted by Crippen LogP contribution is 2.23. The summed E-state index contributed by atoms with van der Waals surface area (Å²) in [6.45, 7) is 12.8. The Balaban J connectivity index is 0.00000341. The normalized spacial score (nSPS) is 16.1. The second kappa shape index (κ2) is 12.1. The Kier molecular flexibility index (Phi) is 10.1. The van der Waals surface area contributed by atoms with Gasteiger partial charge in [-0.3, -0.25) is 4.90 Å². The molecular weight excluding hydrogens is 525 g/mol. The maximum atomic E-state index is 5.98. The Bertz CT molecular complexity index is 823. The van der Waals surface area contributed by atoms with Gasteiger partial charge in [-0.2, -0.15) is 0 Å². The number of rotatable bonds is 6. The summed E-state index contributed by atoms with van der Waals surface area (Å²) in [4.78, 5) is 11.5. The van der Waals surface area contributed by atoms with E-state index < -0.39 is 0 Å². The zero-order valence-corrected chi connectivity index (χ0v) is 22.0. The summed E-state index contributed by atoms with van der Waals surface area (Å²) < 4.78 is 5.86. The van der Waals surface area contributed by atoms with Gasteiger partial charge in [-0.1, -0.05) is 44.5 Å². The van der Waals surface area contributed by atoms with E-state index in [2.05, 4.69) is 65.3 Å². The van der Waals surface area contributed by atoms with E-state index >= 15 is 0 Å². The smallest absolute Gasteiger partial charge is 0.216 e. The summed E-state index contributed by atoms with van der Waals surface area (Å²) in [5.74, 6) is 2.36. The number of likely N-dealkylation sites (tertiary alicyclic amines) is 1. The number of halogens is 2. The lowest BCUT2D eigenvalue weighted by Gasteiger charge is -2.33. The average Bonchev–Trinajstić information content (AvgIpc) is 3.19. The van der Waals surface area contributed by atoms with Gasteiger partial charge in [-0.05, 0) is 37.5 Å². The summed E-state index contributed by atoms with van der Waals surface area (Å²) >= 11 is 5.98. The minimum absolute atomic E-state index is 0. The molecule has 2 N–H and O–H groups in total. The first-order valence-electron chi connectivity index (χ1n) is 10.8. The monoisotopic (exact) mass is 559 g/mol. The molecule has 0 atom stereocenters. The molecule has 0 unspecified atom stereocenters. The van der Waals surface area contributed by atoms with Crippen LogP contribution >= 0.6 is 35.6 Å². The highest BCUT2D eigenvalue weighted by Gasteiger charge is 2.21. The van der Waals surface area contributed by atoms with Crippen LogP contribution in [0.5, 0.6) is 0 Å². The lowest BCUT2D eigenvalue weighted by molar-refractivity contribution is 0.198. The van der Waals surface area contributed by atoms with Gasteiger partial charge in [-0.25, -0.2) is 9.98 Å². The molecule has 6 nitrogen and oxygen atoms in total. The molecule has 3 rings (SSSR count). The summed E-state index contributed by atoms with van der Waals surface area (Å²) in [7, 11) is 0. The molecule has 31 heavy (non-hydrogen) atoms. The van der Waals surface area contributed by atoms with Crippen molar-refractivity contribution < 1.29 is 4.42 Å². The molecule has 0 saturated carbocycles. The fourth-order valence-electron chi connectivity index (χ4n) is 3.47. The minimum atomic E-state index is -0.0440. The lowest BCUT2D eigenvalue weighted by Crippen LogP contribution is -2.48. The van der Waals surface area contributed by atoms with Crippen molar-refractivity contribution >= 4 is 41.5 Å². The Morgan fingerprint density at radius 2 is 1.90 bits per heavy atom. The van der Waals surface area contributed by atoms with Gasteiger partial charge in [0.1, 0.15) is 12.3 Å². The maximum Gasteiger partial charge on any atom is 0.216 e. The van der Waals surface area contributed by atoms with Crippen LogP contribution in [0, 0.1) is 0 Å². The number of hydrogen-bond acceptors (Lipinski definition) is 4.